The summed E-state index contributed by atoms with van der Waals surface area (Å²) in [6.07, 6.45) is -1.17. The number of benzene rings is 1. The summed E-state index contributed by atoms with van der Waals surface area (Å²) in [4.78, 5) is 11.1. The molecule has 5 nitrogen and oxygen atoms in total. The summed E-state index contributed by atoms with van der Waals surface area (Å²) in [7, 11) is 0. The van der Waals surface area contributed by atoms with Crippen molar-refractivity contribution >= 4 is 16.8 Å². The molecular formula is C24H27F3N4O. The van der Waals surface area contributed by atoms with Crippen molar-refractivity contribution in [2.75, 3.05) is 44.2 Å². The van der Waals surface area contributed by atoms with Crippen LogP contribution in [0.3, 0.4) is 0 Å². The Morgan fingerprint density at radius 3 is 2.34 bits per heavy atom. The van der Waals surface area contributed by atoms with Crippen LogP contribution in [-0.2, 0) is 12.7 Å². The molecule has 1 aromatic carbocycles. The third kappa shape index (κ3) is 4.61. The van der Waals surface area contributed by atoms with Crippen LogP contribution in [0.15, 0.2) is 53.1 Å². The lowest BCUT2D eigenvalue weighted by Crippen LogP contribution is -2.53. The molecule has 0 aliphatic carbocycles. The molecule has 0 N–H and O–H groups in total. The van der Waals surface area contributed by atoms with Gasteiger partial charge in [0.1, 0.15) is 17.2 Å². The minimum atomic E-state index is -4.34. The summed E-state index contributed by atoms with van der Waals surface area (Å²) >= 11 is 0. The van der Waals surface area contributed by atoms with Gasteiger partial charge in [-0.3, -0.25) is 9.80 Å². The molecule has 0 radical (unpaired) electrons. The van der Waals surface area contributed by atoms with Crippen molar-refractivity contribution in [3.63, 3.8) is 0 Å². The molecule has 0 unspecified atom stereocenters. The average Bonchev–Trinajstić information content (AvgIpc) is 3.22. The molecule has 8 heteroatoms. The van der Waals surface area contributed by atoms with Crippen molar-refractivity contribution in [1.82, 2.24) is 14.8 Å². The second kappa shape index (κ2) is 8.75. The second-order valence-corrected chi connectivity index (χ2v) is 8.68. The normalized spacial score (nSPS) is 19.7. The molecule has 2 aliphatic rings. The molecule has 170 valence electrons. The van der Waals surface area contributed by atoms with E-state index in [1.807, 2.05) is 18.2 Å². The van der Waals surface area contributed by atoms with Gasteiger partial charge in [0, 0.05) is 56.9 Å². The summed E-state index contributed by atoms with van der Waals surface area (Å²) in [5.41, 5.74) is 0.243. The summed E-state index contributed by atoms with van der Waals surface area (Å²) in [6, 6.07) is 13.4. The van der Waals surface area contributed by atoms with Gasteiger partial charge >= 0.3 is 6.18 Å². The summed E-state index contributed by atoms with van der Waals surface area (Å²) in [6.45, 7) is 6.34. The fraction of sp³-hybridized carbons (Fsp3) is 0.458. The average molecular weight is 445 g/mol. The summed E-state index contributed by atoms with van der Waals surface area (Å²) in [5, 5.41) is 1.15. The van der Waals surface area contributed by atoms with Gasteiger partial charge in [0.25, 0.3) is 0 Å². The predicted molar refractivity (Wildman–Crippen MR) is 118 cm³/mol. The number of rotatable bonds is 4. The maximum absolute atomic E-state index is 12.7. The van der Waals surface area contributed by atoms with Crippen LogP contribution < -0.4 is 4.90 Å². The van der Waals surface area contributed by atoms with Gasteiger partial charge < -0.3 is 9.32 Å². The molecule has 4 heterocycles. The number of anilines is 1. The Bertz CT molecular complexity index is 1000. The van der Waals surface area contributed by atoms with Crippen LogP contribution in [0.2, 0.25) is 0 Å². The fourth-order valence-electron chi connectivity index (χ4n) is 4.83. The number of pyridine rings is 1. The number of piperazine rings is 1. The van der Waals surface area contributed by atoms with Crippen molar-refractivity contribution in [3.8, 4) is 0 Å². The standard InChI is InChI=1S/C24H27F3N4O/c25-24(26,27)19-5-6-23(28-16-19)31-13-11-30(12-14-31)20-7-9-29(10-8-20)17-21-15-18-3-1-2-4-22(18)32-21/h1-6,15-16,20H,7-14,17H2. The van der Waals surface area contributed by atoms with Crippen LogP contribution in [0.4, 0.5) is 19.0 Å². The number of nitrogens with zero attached hydrogens (tertiary/aromatic N) is 4. The number of fused-ring (bicyclic) bond motifs is 1. The van der Waals surface area contributed by atoms with Crippen molar-refractivity contribution in [3.05, 3.63) is 60.0 Å². The molecule has 32 heavy (non-hydrogen) atoms. The number of piperidine rings is 1. The van der Waals surface area contributed by atoms with Gasteiger partial charge in [-0.25, -0.2) is 4.98 Å². The molecule has 2 aromatic heterocycles. The van der Waals surface area contributed by atoms with E-state index >= 15 is 0 Å². The molecule has 0 bridgehead atoms. The number of hydrogen-bond acceptors (Lipinski definition) is 5. The van der Waals surface area contributed by atoms with E-state index in [9.17, 15) is 13.2 Å². The van der Waals surface area contributed by atoms with Crippen LogP contribution in [0.25, 0.3) is 11.0 Å². The molecular weight excluding hydrogens is 417 g/mol. The Labute approximate surface area is 185 Å². The van der Waals surface area contributed by atoms with Gasteiger partial charge in [-0.05, 0) is 37.1 Å². The Morgan fingerprint density at radius 2 is 1.69 bits per heavy atom. The monoisotopic (exact) mass is 444 g/mol. The number of furan rings is 1. The number of alkyl halides is 3. The van der Waals surface area contributed by atoms with Crippen molar-refractivity contribution in [2.24, 2.45) is 0 Å². The van der Waals surface area contributed by atoms with Crippen LogP contribution >= 0.6 is 0 Å². The Morgan fingerprint density at radius 1 is 0.938 bits per heavy atom. The van der Waals surface area contributed by atoms with Gasteiger partial charge in [0.2, 0.25) is 0 Å². The highest BCUT2D eigenvalue weighted by Gasteiger charge is 2.32. The second-order valence-electron chi connectivity index (χ2n) is 8.68. The SMILES string of the molecule is FC(F)(F)c1ccc(N2CCN(C3CCN(Cc4cc5ccccc5o4)CC3)CC2)nc1. The van der Waals surface area contributed by atoms with Gasteiger partial charge in [0.05, 0.1) is 12.1 Å². The van der Waals surface area contributed by atoms with E-state index in [1.165, 1.54) is 6.07 Å². The third-order valence-corrected chi connectivity index (χ3v) is 6.64. The van der Waals surface area contributed by atoms with Crippen LogP contribution in [0.5, 0.6) is 0 Å². The first kappa shape index (κ1) is 21.3. The molecule has 2 aliphatic heterocycles. The van der Waals surface area contributed by atoms with E-state index < -0.39 is 11.7 Å². The molecule has 5 rings (SSSR count). The Balaban J connectivity index is 1.10. The lowest BCUT2D eigenvalue weighted by atomic mass is 10.0. The number of halogens is 3. The molecule has 2 fully saturated rings. The van der Waals surface area contributed by atoms with Gasteiger partial charge in [-0.1, -0.05) is 18.2 Å². The first-order chi connectivity index (χ1) is 15.5. The first-order valence-corrected chi connectivity index (χ1v) is 11.2. The zero-order chi connectivity index (χ0) is 22.1. The smallest absolute Gasteiger partial charge is 0.417 e. The maximum Gasteiger partial charge on any atom is 0.417 e. The van der Waals surface area contributed by atoms with E-state index in [4.69, 9.17) is 4.42 Å². The molecule has 0 atom stereocenters. The minimum absolute atomic E-state index is 0.560. The Kier molecular flexibility index (Phi) is 5.82. The first-order valence-electron chi connectivity index (χ1n) is 11.2. The largest absolute Gasteiger partial charge is 0.460 e. The molecule has 0 spiro atoms. The Hall–Kier alpha value is -2.58. The summed E-state index contributed by atoms with van der Waals surface area (Å²) < 4.78 is 44.2. The zero-order valence-electron chi connectivity index (χ0n) is 17.9. The quantitative estimate of drug-likeness (QED) is 0.586. The van der Waals surface area contributed by atoms with Crippen molar-refractivity contribution < 1.29 is 17.6 Å². The molecule has 0 saturated carbocycles. The van der Waals surface area contributed by atoms with Gasteiger partial charge in [-0.15, -0.1) is 0 Å². The fourth-order valence-corrected chi connectivity index (χ4v) is 4.83. The van der Waals surface area contributed by atoms with Crippen LogP contribution in [0.1, 0.15) is 24.2 Å². The maximum atomic E-state index is 12.7. The van der Waals surface area contributed by atoms with Crippen molar-refractivity contribution in [1.29, 1.82) is 0 Å². The van der Waals surface area contributed by atoms with Crippen molar-refractivity contribution in [2.45, 2.75) is 31.6 Å². The number of para-hydroxylation sites is 1. The van der Waals surface area contributed by atoms with Gasteiger partial charge in [-0.2, -0.15) is 13.2 Å². The number of aromatic nitrogens is 1. The topological polar surface area (TPSA) is 35.8 Å². The summed E-state index contributed by atoms with van der Waals surface area (Å²) in [5.74, 6) is 1.64. The van der Waals surface area contributed by atoms with E-state index in [1.54, 1.807) is 0 Å². The third-order valence-electron chi connectivity index (χ3n) is 6.64. The number of hydrogen-bond donors (Lipinski definition) is 0. The zero-order valence-corrected chi connectivity index (χ0v) is 17.9. The molecule has 3 aromatic rings. The molecule has 0 amide bonds. The van der Waals surface area contributed by atoms with E-state index in [-0.39, 0.29) is 0 Å². The lowest BCUT2D eigenvalue weighted by molar-refractivity contribution is -0.137. The molecule has 2 saturated heterocycles. The van der Waals surface area contributed by atoms with E-state index in [0.29, 0.717) is 11.9 Å². The highest BCUT2D eigenvalue weighted by atomic mass is 19.4. The minimum Gasteiger partial charge on any atom is -0.460 e. The van der Waals surface area contributed by atoms with E-state index in [0.717, 1.165) is 87.6 Å². The van der Waals surface area contributed by atoms with E-state index in [2.05, 4.69) is 31.8 Å². The predicted octanol–water partition coefficient (Wildman–Crippen LogP) is 4.63. The lowest BCUT2D eigenvalue weighted by Gasteiger charge is -2.43. The number of likely N-dealkylation sites (tertiary alicyclic amines) is 1. The van der Waals surface area contributed by atoms with Crippen LogP contribution in [-0.4, -0.2) is 60.1 Å². The van der Waals surface area contributed by atoms with Gasteiger partial charge in [0.15, 0.2) is 0 Å². The highest BCUT2D eigenvalue weighted by molar-refractivity contribution is 5.77. The van der Waals surface area contributed by atoms with Crippen LogP contribution in [0, 0.1) is 0 Å². The highest BCUT2D eigenvalue weighted by Crippen LogP contribution is 2.30.